The molecule has 3 rings (SSSR count). The summed E-state index contributed by atoms with van der Waals surface area (Å²) in [5.41, 5.74) is 0.916. The molecule has 0 bridgehead atoms. The molecule has 7 nitrogen and oxygen atoms in total. The maximum atomic E-state index is 13.7. The average molecular weight is 340 g/mol. The van der Waals surface area contributed by atoms with E-state index in [1.165, 1.54) is 25.1 Å². The third kappa shape index (κ3) is 3.86. The van der Waals surface area contributed by atoms with Crippen molar-refractivity contribution in [2.75, 3.05) is 10.6 Å². The van der Waals surface area contributed by atoms with E-state index in [4.69, 9.17) is 4.42 Å². The van der Waals surface area contributed by atoms with Crippen molar-refractivity contribution in [3.05, 3.63) is 59.9 Å². The van der Waals surface area contributed by atoms with Gasteiger partial charge in [0, 0.05) is 18.2 Å². The Bertz CT molecular complexity index is 939. The zero-order valence-corrected chi connectivity index (χ0v) is 13.1. The van der Waals surface area contributed by atoms with Gasteiger partial charge in [-0.15, -0.1) is 5.10 Å². The van der Waals surface area contributed by atoms with Crippen molar-refractivity contribution < 1.29 is 18.4 Å². The number of hydrogen-bond donors (Lipinski definition) is 2. The van der Waals surface area contributed by atoms with Crippen LogP contribution in [0.4, 0.5) is 16.1 Å². The van der Waals surface area contributed by atoms with Gasteiger partial charge in [-0.25, -0.2) is 4.39 Å². The number of aromatic nitrogens is 2. The summed E-state index contributed by atoms with van der Waals surface area (Å²) in [5.74, 6) is -1.33. The number of anilines is 2. The highest BCUT2D eigenvalue weighted by atomic mass is 19.1. The molecule has 0 radical (unpaired) electrons. The van der Waals surface area contributed by atoms with E-state index in [1.54, 1.807) is 30.3 Å². The summed E-state index contributed by atoms with van der Waals surface area (Å²) in [4.78, 5) is 23.1. The lowest BCUT2D eigenvalue weighted by Crippen LogP contribution is -2.13. The van der Waals surface area contributed by atoms with Gasteiger partial charge in [0.1, 0.15) is 5.82 Å². The van der Waals surface area contributed by atoms with Gasteiger partial charge in [-0.2, -0.15) is 0 Å². The highest BCUT2D eigenvalue weighted by Gasteiger charge is 2.13. The van der Waals surface area contributed by atoms with Crippen molar-refractivity contribution in [2.45, 2.75) is 6.92 Å². The topological polar surface area (TPSA) is 97.1 Å². The summed E-state index contributed by atoms with van der Waals surface area (Å²) in [6, 6.07) is 12.3. The number of nitrogens with zero attached hydrogens (tertiary/aromatic N) is 2. The second-order valence-corrected chi connectivity index (χ2v) is 5.11. The molecule has 0 aliphatic carbocycles. The fraction of sp³-hybridized carbons (Fsp3) is 0.0588. The molecule has 2 aromatic carbocycles. The minimum absolute atomic E-state index is 0.0247. The Morgan fingerprint density at radius 2 is 1.84 bits per heavy atom. The first-order chi connectivity index (χ1) is 12.0. The van der Waals surface area contributed by atoms with Crippen LogP contribution in [-0.2, 0) is 4.79 Å². The van der Waals surface area contributed by atoms with E-state index < -0.39 is 11.7 Å². The molecular weight excluding hydrogens is 327 g/mol. The van der Waals surface area contributed by atoms with Gasteiger partial charge in [-0.3, -0.25) is 14.9 Å². The predicted molar refractivity (Wildman–Crippen MR) is 88.4 cm³/mol. The quantitative estimate of drug-likeness (QED) is 0.761. The molecule has 2 amide bonds. The Morgan fingerprint density at radius 3 is 2.60 bits per heavy atom. The fourth-order valence-corrected chi connectivity index (χ4v) is 2.11. The lowest BCUT2D eigenvalue weighted by Gasteiger charge is -2.07. The standard InChI is InChI=1S/C17H13FN4O3/c1-10(23)19-17-22-21-16(25-17)11-5-4-6-12(9-11)20-15(24)13-7-2-3-8-14(13)18/h2-9H,1H3,(H,20,24)(H,19,22,23). The third-order valence-corrected chi connectivity index (χ3v) is 3.19. The molecule has 0 saturated heterocycles. The number of carbonyl (C=O) groups excluding carboxylic acids is 2. The minimum Gasteiger partial charge on any atom is -0.403 e. The first-order valence-corrected chi connectivity index (χ1v) is 7.30. The number of hydrogen-bond acceptors (Lipinski definition) is 5. The molecule has 126 valence electrons. The smallest absolute Gasteiger partial charge is 0.322 e. The molecular formula is C17H13FN4O3. The SMILES string of the molecule is CC(=O)Nc1nnc(-c2cccc(NC(=O)c3ccccc3F)c2)o1. The molecule has 0 spiro atoms. The van der Waals surface area contributed by atoms with E-state index in [0.29, 0.717) is 11.3 Å². The lowest BCUT2D eigenvalue weighted by atomic mass is 10.1. The molecule has 2 N–H and O–H groups in total. The molecule has 0 fully saturated rings. The highest BCUT2D eigenvalue weighted by molar-refractivity contribution is 6.04. The second kappa shape index (κ2) is 6.91. The second-order valence-electron chi connectivity index (χ2n) is 5.11. The Kier molecular flexibility index (Phi) is 4.51. The van der Waals surface area contributed by atoms with Gasteiger partial charge < -0.3 is 9.73 Å². The van der Waals surface area contributed by atoms with Gasteiger partial charge in [-0.05, 0) is 30.3 Å². The van der Waals surface area contributed by atoms with Crippen molar-refractivity contribution in [3.63, 3.8) is 0 Å². The van der Waals surface area contributed by atoms with Crippen molar-refractivity contribution in [1.82, 2.24) is 10.2 Å². The van der Waals surface area contributed by atoms with Crippen LogP contribution in [0.5, 0.6) is 0 Å². The van der Waals surface area contributed by atoms with Crippen LogP contribution in [0.3, 0.4) is 0 Å². The van der Waals surface area contributed by atoms with Gasteiger partial charge in [0.05, 0.1) is 5.56 Å². The summed E-state index contributed by atoms with van der Waals surface area (Å²) in [7, 11) is 0. The van der Waals surface area contributed by atoms with E-state index in [0.717, 1.165) is 0 Å². The monoisotopic (exact) mass is 340 g/mol. The van der Waals surface area contributed by atoms with Crippen LogP contribution in [0.1, 0.15) is 17.3 Å². The summed E-state index contributed by atoms with van der Waals surface area (Å²) < 4.78 is 19.0. The van der Waals surface area contributed by atoms with Gasteiger partial charge in [0.25, 0.3) is 5.91 Å². The van der Waals surface area contributed by atoms with Crippen LogP contribution in [0.2, 0.25) is 0 Å². The highest BCUT2D eigenvalue weighted by Crippen LogP contribution is 2.23. The zero-order chi connectivity index (χ0) is 17.8. The Labute approximate surface area is 141 Å². The summed E-state index contributed by atoms with van der Waals surface area (Å²) >= 11 is 0. The summed E-state index contributed by atoms with van der Waals surface area (Å²) in [5, 5.41) is 12.5. The van der Waals surface area contributed by atoms with Crippen LogP contribution in [0.25, 0.3) is 11.5 Å². The summed E-state index contributed by atoms with van der Waals surface area (Å²) in [6.07, 6.45) is 0. The number of amides is 2. The lowest BCUT2D eigenvalue weighted by molar-refractivity contribution is -0.114. The molecule has 25 heavy (non-hydrogen) atoms. The van der Waals surface area contributed by atoms with Gasteiger partial charge >= 0.3 is 6.01 Å². The third-order valence-electron chi connectivity index (χ3n) is 3.19. The molecule has 1 aromatic heterocycles. The van der Waals surface area contributed by atoms with E-state index in [2.05, 4.69) is 20.8 Å². The Morgan fingerprint density at radius 1 is 1.04 bits per heavy atom. The molecule has 0 aliphatic heterocycles. The molecule has 8 heteroatoms. The van der Waals surface area contributed by atoms with Gasteiger partial charge in [-0.1, -0.05) is 23.3 Å². The van der Waals surface area contributed by atoms with Crippen molar-refractivity contribution in [1.29, 1.82) is 0 Å². The van der Waals surface area contributed by atoms with Gasteiger partial charge in [0.2, 0.25) is 11.8 Å². The van der Waals surface area contributed by atoms with E-state index in [1.807, 2.05) is 0 Å². The zero-order valence-electron chi connectivity index (χ0n) is 13.1. The largest absolute Gasteiger partial charge is 0.403 e. The predicted octanol–water partition coefficient (Wildman–Crippen LogP) is 3.09. The molecule has 0 saturated carbocycles. The first kappa shape index (κ1) is 16.3. The number of halogens is 1. The molecule has 3 aromatic rings. The molecule has 1 heterocycles. The summed E-state index contributed by atoms with van der Waals surface area (Å²) in [6.45, 7) is 1.32. The van der Waals surface area contributed by atoms with E-state index >= 15 is 0 Å². The average Bonchev–Trinajstić information content (AvgIpc) is 3.03. The van der Waals surface area contributed by atoms with Crippen molar-refractivity contribution in [2.24, 2.45) is 0 Å². The van der Waals surface area contributed by atoms with Crippen molar-refractivity contribution >= 4 is 23.5 Å². The van der Waals surface area contributed by atoms with Crippen LogP contribution in [0.15, 0.2) is 52.9 Å². The first-order valence-electron chi connectivity index (χ1n) is 7.30. The number of carbonyl (C=O) groups is 2. The molecule has 0 unspecified atom stereocenters. The van der Waals surface area contributed by atoms with Crippen LogP contribution >= 0.6 is 0 Å². The normalized spacial score (nSPS) is 10.3. The number of nitrogens with one attached hydrogen (secondary N) is 2. The number of rotatable bonds is 4. The maximum Gasteiger partial charge on any atom is 0.322 e. The van der Waals surface area contributed by atoms with E-state index in [9.17, 15) is 14.0 Å². The van der Waals surface area contributed by atoms with Crippen LogP contribution in [-0.4, -0.2) is 22.0 Å². The van der Waals surface area contributed by atoms with Crippen LogP contribution < -0.4 is 10.6 Å². The Balaban J connectivity index is 1.80. The van der Waals surface area contributed by atoms with Crippen LogP contribution in [0, 0.1) is 5.82 Å². The van der Waals surface area contributed by atoms with Crippen molar-refractivity contribution in [3.8, 4) is 11.5 Å². The molecule has 0 aliphatic rings. The Hall–Kier alpha value is -3.55. The van der Waals surface area contributed by atoms with E-state index in [-0.39, 0.29) is 23.4 Å². The molecule has 0 atom stereocenters. The van der Waals surface area contributed by atoms with Gasteiger partial charge in [0.15, 0.2) is 0 Å². The fourth-order valence-electron chi connectivity index (χ4n) is 2.11. The maximum absolute atomic E-state index is 13.7. The number of benzene rings is 2. The minimum atomic E-state index is -0.604.